The van der Waals surface area contributed by atoms with Crippen LogP contribution in [0.3, 0.4) is 0 Å². The fourth-order valence-corrected chi connectivity index (χ4v) is 0.946. The van der Waals surface area contributed by atoms with Crippen LogP contribution in [0.4, 0.5) is 4.39 Å². The maximum atomic E-state index is 12.8. The van der Waals surface area contributed by atoms with Crippen molar-refractivity contribution in [3.8, 4) is 11.8 Å². The van der Waals surface area contributed by atoms with Crippen molar-refractivity contribution in [3.63, 3.8) is 0 Å². The number of hydrogen-bond donors (Lipinski definition) is 1. The Labute approximate surface area is 81.9 Å². The minimum atomic E-state index is -0.683. The van der Waals surface area contributed by atoms with Crippen molar-refractivity contribution in [2.75, 3.05) is 6.61 Å². The third-order valence-corrected chi connectivity index (χ3v) is 1.73. The molecule has 74 valence electrons. The Morgan fingerprint density at radius 1 is 1.64 bits per heavy atom. The van der Waals surface area contributed by atoms with Gasteiger partial charge in [-0.2, -0.15) is 5.26 Å². The molecule has 0 fully saturated rings. The minimum Gasteiger partial charge on any atom is -0.490 e. The van der Waals surface area contributed by atoms with E-state index in [-0.39, 0.29) is 12.4 Å². The molecule has 1 aromatic carbocycles. The number of aryl methyl sites for hydroxylation is 1. The lowest BCUT2D eigenvalue weighted by molar-refractivity contribution is 0.305. The maximum Gasteiger partial charge on any atom is 0.127 e. The molecule has 1 rings (SSSR count). The SMILES string of the molecule is Cc1ccc(F)cc1OCC(N)C#N. The van der Waals surface area contributed by atoms with Crippen LogP contribution in [0, 0.1) is 24.1 Å². The summed E-state index contributed by atoms with van der Waals surface area (Å²) in [4.78, 5) is 0. The van der Waals surface area contributed by atoms with Gasteiger partial charge in [0, 0.05) is 6.07 Å². The normalized spacial score (nSPS) is 11.9. The molecule has 1 atom stereocenters. The first-order chi connectivity index (χ1) is 6.63. The summed E-state index contributed by atoms with van der Waals surface area (Å²) in [7, 11) is 0. The fraction of sp³-hybridized carbons (Fsp3) is 0.300. The third-order valence-electron chi connectivity index (χ3n) is 1.73. The summed E-state index contributed by atoms with van der Waals surface area (Å²) in [6.07, 6.45) is 0. The number of ether oxygens (including phenoxy) is 1. The molecule has 0 aliphatic rings. The van der Waals surface area contributed by atoms with E-state index in [0.717, 1.165) is 5.56 Å². The molecular weight excluding hydrogens is 183 g/mol. The zero-order chi connectivity index (χ0) is 10.6. The van der Waals surface area contributed by atoms with Gasteiger partial charge in [-0.3, -0.25) is 0 Å². The average Bonchev–Trinajstić information content (AvgIpc) is 2.19. The van der Waals surface area contributed by atoms with E-state index < -0.39 is 6.04 Å². The van der Waals surface area contributed by atoms with Crippen molar-refractivity contribution < 1.29 is 9.13 Å². The van der Waals surface area contributed by atoms with Gasteiger partial charge < -0.3 is 10.5 Å². The van der Waals surface area contributed by atoms with Crippen LogP contribution in [0.1, 0.15) is 5.56 Å². The molecule has 4 heteroatoms. The van der Waals surface area contributed by atoms with Crippen LogP contribution in [0.5, 0.6) is 5.75 Å². The van der Waals surface area contributed by atoms with E-state index in [1.165, 1.54) is 12.1 Å². The molecule has 0 aliphatic carbocycles. The largest absolute Gasteiger partial charge is 0.490 e. The molecule has 0 saturated heterocycles. The number of hydrogen-bond acceptors (Lipinski definition) is 3. The molecule has 3 nitrogen and oxygen atoms in total. The molecule has 1 aromatic rings. The minimum absolute atomic E-state index is 0.0702. The van der Waals surface area contributed by atoms with Crippen LogP contribution in [0.2, 0.25) is 0 Å². The molecule has 0 radical (unpaired) electrons. The first-order valence-corrected chi connectivity index (χ1v) is 4.17. The zero-order valence-corrected chi connectivity index (χ0v) is 7.83. The van der Waals surface area contributed by atoms with Crippen molar-refractivity contribution in [1.29, 1.82) is 5.26 Å². The smallest absolute Gasteiger partial charge is 0.127 e. The number of halogens is 1. The molecule has 0 saturated carbocycles. The van der Waals surface area contributed by atoms with Gasteiger partial charge in [0.2, 0.25) is 0 Å². The summed E-state index contributed by atoms with van der Waals surface area (Å²) in [6.45, 7) is 1.87. The highest BCUT2D eigenvalue weighted by Crippen LogP contribution is 2.18. The first kappa shape index (κ1) is 10.5. The summed E-state index contributed by atoms with van der Waals surface area (Å²) < 4.78 is 18.0. The molecule has 0 heterocycles. The van der Waals surface area contributed by atoms with Crippen molar-refractivity contribution in [2.45, 2.75) is 13.0 Å². The number of nitriles is 1. The van der Waals surface area contributed by atoms with E-state index in [4.69, 9.17) is 15.7 Å². The fourth-order valence-electron chi connectivity index (χ4n) is 0.946. The van der Waals surface area contributed by atoms with Gasteiger partial charge >= 0.3 is 0 Å². The van der Waals surface area contributed by atoms with Crippen LogP contribution in [-0.4, -0.2) is 12.6 Å². The van der Waals surface area contributed by atoms with E-state index in [0.29, 0.717) is 5.75 Å². The Hall–Kier alpha value is -1.60. The van der Waals surface area contributed by atoms with Gasteiger partial charge in [-0.1, -0.05) is 6.07 Å². The lowest BCUT2D eigenvalue weighted by Crippen LogP contribution is -2.25. The summed E-state index contributed by atoms with van der Waals surface area (Å²) >= 11 is 0. The van der Waals surface area contributed by atoms with Crippen LogP contribution in [0.25, 0.3) is 0 Å². The monoisotopic (exact) mass is 194 g/mol. The van der Waals surface area contributed by atoms with Gasteiger partial charge in [0.15, 0.2) is 0 Å². The van der Waals surface area contributed by atoms with E-state index in [1.54, 1.807) is 13.0 Å². The Bertz CT molecular complexity index is 360. The van der Waals surface area contributed by atoms with E-state index in [9.17, 15) is 4.39 Å². The standard InChI is InChI=1S/C10H11FN2O/c1-7-2-3-8(11)4-10(7)14-6-9(13)5-12/h2-4,9H,6,13H2,1H3. The quantitative estimate of drug-likeness (QED) is 0.790. The van der Waals surface area contributed by atoms with Crippen LogP contribution < -0.4 is 10.5 Å². The molecule has 1 unspecified atom stereocenters. The van der Waals surface area contributed by atoms with Crippen LogP contribution in [0.15, 0.2) is 18.2 Å². The predicted octanol–water partition coefficient (Wildman–Crippen LogP) is 1.36. The Morgan fingerprint density at radius 2 is 2.36 bits per heavy atom. The van der Waals surface area contributed by atoms with Gasteiger partial charge in [-0.15, -0.1) is 0 Å². The molecule has 0 amide bonds. The van der Waals surface area contributed by atoms with Crippen molar-refractivity contribution >= 4 is 0 Å². The Morgan fingerprint density at radius 3 is 3.00 bits per heavy atom. The Balaban J connectivity index is 2.67. The number of rotatable bonds is 3. The first-order valence-electron chi connectivity index (χ1n) is 4.17. The average molecular weight is 194 g/mol. The van der Waals surface area contributed by atoms with Crippen LogP contribution in [-0.2, 0) is 0 Å². The van der Waals surface area contributed by atoms with E-state index in [2.05, 4.69) is 0 Å². The van der Waals surface area contributed by atoms with Gasteiger partial charge in [-0.25, -0.2) is 4.39 Å². The second-order valence-electron chi connectivity index (χ2n) is 2.96. The summed E-state index contributed by atoms with van der Waals surface area (Å²) in [5.74, 6) is 0.0619. The molecule has 0 spiro atoms. The van der Waals surface area contributed by atoms with Crippen LogP contribution >= 0.6 is 0 Å². The summed E-state index contributed by atoms with van der Waals surface area (Å²) in [5, 5.41) is 8.41. The number of nitrogens with two attached hydrogens (primary N) is 1. The third kappa shape index (κ3) is 2.71. The Kier molecular flexibility index (Phi) is 3.43. The van der Waals surface area contributed by atoms with Gasteiger partial charge in [0.25, 0.3) is 0 Å². The van der Waals surface area contributed by atoms with Crippen molar-refractivity contribution in [1.82, 2.24) is 0 Å². The van der Waals surface area contributed by atoms with E-state index in [1.807, 2.05) is 6.07 Å². The molecule has 0 aromatic heterocycles. The zero-order valence-electron chi connectivity index (χ0n) is 7.83. The second kappa shape index (κ2) is 4.58. The van der Waals surface area contributed by atoms with Gasteiger partial charge in [0.1, 0.15) is 24.2 Å². The molecule has 0 aliphatic heterocycles. The molecule has 2 N–H and O–H groups in total. The van der Waals surface area contributed by atoms with Crippen molar-refractivity contribution in [2.24, 2.45) is 5.73 Å². The highest BCUT2D eigenvalue weighted by atomic mass is 19.1. The molecular formula is C10H11FN2O. The maximum absolute atomic E-state index is 12.8. The number of nitrogens with zero attached hydrogens (tertiary/aromatic N) is 1. The lowest BCUT2D eigenvalue weighted by Gasteiger charge is -2.09. The number of benzene rings is 1. The second-order valence-corrected chi connectivity index (χ2v) is 2.96. The highest BCUT2D eigenvalue weighted by molar-refractivity contribution is 5.32. The summed E-state index contributed by atoms with van der Waals surface area (Å²) in [6, 6.07) is 5.39. The van der Waals surface area contributed by atoms with Gasteiger partial charge in [-0.05, 0) is 18.6 Å². The summed E-state index contributed by atoms with van der Waals surface area (Å²) in [5.41, 5.74) is 6.15. The van der Waals surface area contributed by atoms with E-state index >= 15 is 0 Å². The van der Waals surface area contributed by atoms with Crippen molar-refractivity contribution in [3.05, 3.63) is 29.6 Å². The lowest BCUT2D eigenvalue weighted by atomic mass is 10.2. The topological polar surface area (TPSA) is 59.0 Å². The molecule has 0 bridgehead atoms. The van der Waals surface area contributed by atoms with Gasteiger partial charge in [0.05, 0.1) is 6.07 Å². The predicted molar refractivity (Wildman–Crippen MR) is 50.2 cm³/mol. The highest BCUT2D eigenvalue weighted by Gasteiger charge is 2.04. The molecule has 14 heavy (non-hydrogen) atoms.